The number of hydrogen-bond donors (Lipinski definition) is 1. The third kappa shape index (κ3) is 1.86. The van der Waals surface area contributed by atoms with Crippen molar-refractivity contribution in [1.29, 1.82) is 0 Å². The molecule has 1 aromatic rings. The first-order valence-electron chi connectivity index (χ1n) is 6.23. The van der Waals surface area contributed by atoms with E-state index in [1.807, 2.05) is 0 Å². The van der Waals surface area contributed by atoms with Gasteiger partial charge in [0.05, 0.1) is 30.1 Å². The van der Waals surface area contributed by atoms with Gasteiger partial charge in [-0.3, -0.25) is 4.68 Å². The molecule has 1 aliphatic carbocycles. The van der Waals surface area contributed by atoms with Crippen molar-refractivity contribution in [1.82, 2.24) is 9.78 Å². The highest BCUT2D eigenvalue weighted by Crippen LogP contribution is 2.46. The van der Waals surface area contributed by atoms with Gasteiger partial charge in [-0.1, -0.05) is 11.6 Å². The van der Waals surface area contributed by atoms with Crippen LogP contribution < -0.4 is 0 Å². The molecule has 6 heteroatoms. The minimum atomic E-state index is -0.928. The quantitative estimate of drug-likeness (QED) is 0.843. The van der Waals surface area contributed by atoms with Crippen molar-refractivity contribution in [3.63, 3.8) is 0 Å². The molecule has 18 heavy (non-hydrogen) atoms. The van der Waals surface area contributed by atoms with Crippen LogP contribution in [-0.2, 0) is 22.1 Å². The van der Waals surface area contributed by atoms with E-state index < -0.39 is 11.4 Å². The summed E-state index contributed by atoms with van der Waals surface area (Å²) in [5.74, 6) is -0.475. The molecule has 1 aromatic heterocycles. The summed E-state index contributed by atoms with van der Waals surface area (Å²) in [5.41, 5.74) is -0.236. The Morgan fingerprint density at radius 3 is 2.39 bits per heavy atom. The predicted molar refractivity (Wildman–Crippen MR) is 65.2 cm³/mol. The van der Waals surface area contributed by atoms with Gasteiger partial charge in [0.1, 0.15) is 5.60 Å². The molecule has 0 amide bonds. The second-order valence-electron chi connectivity index (χ2n) is 5.10. The van der Waals surface area contributed by atoms with E-state index >= 15 is 0 Å². The van der Waals surface area contributed by atoms with E-state index in [1.54, 1.807) is 17.9 Å². The third-order valence-electron chi connectivity index (χ3n) is 3.99. The Morgan fingerprint density at radius 2 is 1.89 bits per heavy atom. The number of halogens is 1. The summed E-state index contributed by atoms with van der Waals surface area (Å²) in [7, 11) is 1.80. The number of hydrogen-bond acceptors (Lipinski definition) is 4. The summed E-state index contributed by atoms with van der Waals surface area (Å²) >= 11 is 6.11. The zero-order valence-corrected chi connectivity index (χ0v) is 11.1. The Hall–Kier alpha value is -0.620. The van der Waals surface area contributed by atoms with Crippen molar-refractivity contribution >= 4 is 11.6 Å². The second kappa shape index (κ2) is 4.20. The van der Waals surface area contributed by atoms with Crippen molar-refractivity contribution in [3.8, 4) is 0 Å². The smallest absolute Gasteiger partial charge is 0.168 e. The fourth-order valence-electron chi connectivity index (χ4n) is 3.00. The van der Waals surface area contributed by atoms with Crippen LogP contribution in [0.3, 0.4) is 0 Å². The monoisotopic (exact) mass is 272 g/mol. The molecule has 0 unspecified atom stereocenters. The van der Waals surface area contributed by atoms with Gasteiger partial charge in [0.15, 0.2) is 5.79 Å². The lowest BCUT2D eigenvalue weighted by molar-refractivity contribution is -0.205. The highest BCUT2D eigenvalue weighted by Gasteiger charge is 2.47. The van der Waals surface area contributed by atoms with Gasteiger partial charge in [-0.25, -0.2) is 0 Å². The van der Waals surface area contributed by atoms with E-state index in [9.17, 15) is 5.11 Å². The number of ether oxygens (including phenoxy) is 2. The SMILES string of the molecule is Cn1ncc(Cl)c1C1(O)CCC2(CC1)OCCO2. The molecule has 0 aromatic carbocycles. The molecule has 1 saturated carbocycles. The van der Waals surface area contributed by atoms with Crippen molar-refractivity contribution in [3.05, 3.63) is 16.9 Å². The molecular formula is C12H17ClN2O3. The molecule has 1 aliphatic heterocycles. The summed E-state index contributed by atoms with van der Waals surface area (Å²) in [6, 6.07) is 0. The number of aryl methyl sites for hydroxylation is 1. The largest absolute Gasteiger partial charge is 0.384 e. The molecule has 3 rings (SSSR count). The molecule has 2 fully saturated rings. The molecule has 0 radical (unpaired) electrons. The van der Waals surface area contributed by atoms with E-state index in [-0.39, 0.29) is 0 Å². The summed E-state index contributed by atoms with van der Waals surface area (Å²) in [4.78, 5) is 0. The highest BCUT2D eigenvalue weighted by atomic mass is 35.5. The Labute approximate surface area is 111 Å². The molecule has 2 heterocycles. The lowest BCUT2D eigenvalue weighted by Gasteiger charge is -2.40. The first kappa shape index (κ1) is 12.4. The number of nitrogens with zero attached hydrogens (tertiary/aromatic N) is 2. The van der Waals surface area contributed by atoms with Crippen LogP contribution in [0, 0.1) is 0 Å². The fourth-order valence-corrected chi connectivity index (χ4v) is 3.34. The summed E-state index contributed by atoms with van der Waals surface area (Å²) < 4.78 is 13.0. The average Bonchev–Trinajstić information content (AvgIpc) is 2.93. The van der Waals surface area contributed by atoms with Gasteiger partial charge in [-0.05, 0) is 12.8 Å². The maximum absolute atomic E-state index is 10.8. The standard InChI is InChI=1S/C12H17ClN2O3/c1-15-10(9(13)8-14-15)11(16)2-4-12(5-3-11)17-6-7-18-12/h8,16H,2-7H2,1H3. The van der Waals surface area contributed by atoms with Crippen LogP contribution in [-0.4, -0.2) is 33.9 Å². The normalized spacial score (nSPS) is 25.7. The van der Waals surface area contributed by atoms with Gasteiger partial charge in [-0.2, -0.15) is 5.10 Å². The molecule has 0 atom stereocenters. The van der Waals surface area contributed by atoms with E-state index in [4.69, 9.17) is 21.1 Å². The van der Waals surface area contributed by atoms with E-state index in [2.05, 4.69) is 5.10 Å². The topological polar surface area (TPSA) is 56.5 Å². The zero-order chi connectivity index (χ0) is 12.8. The average molecular weight is 273 g/mol. The molecule has 1 saturated heterocycles. The molecule has 0 bridgehead atoms. The van der Waals surface area contributed by atoms with Crippen molar-refractivity contribution in [2.24, 2.45) is 7.05 Å². The van der Waals surface area contributed by atoms with Crippen LogP contribution >= 0.6 is 11.6 Å². The van der Waals surface area contributed by atoms with E-state index in [1.165, 1.54) is 0 Å². The molecule has 2 aliphatic rings. The predicted octanol–water partition coefficient (Wildman–Crippen LogP) is 1.58. The fraction of sp³-hybridized carbons (Fsp3) is 0.750. The maximum atomic E-state index is 10.8. The number of aromatic nitrogens is 2. The Balaban J connectivity index is 1.82. The highest BCUT2D eigenvalue weighted by molar-refractivity contribution is 6.31. The molecule has 100 valence electrons. The second-order valence-corrected chi connectivity index (χ2v) is 5.51. The molecule has 1 spiro atoms. The lowest BCUT2D eigenvalue weighted by atomic mass is 9.79. The first-order valence-corrected chi connectivity index (χ1v) is 6.61. The Kier molecular flexibility index (Phi) is 2.90. The maximum Gasteiger partial charge on any atom is 0.168 e. The third-order valence-corrected chi connectivity index (χ3v) is 4.26. The molecule has 1 N–H and O–H groups in total. The van der Waals surface area contributed by atoms with E-state index in [0.717, 1.165) is 0 Å². The van der Waals surface area contributed by atoms with E-state index in [0.29, 0.717) is 49.6 Å². The molecular weight excluding hydrogens is 256 g/mol. The van der Waals surface area contributed by atoms with Gasteiger partial charge < -0.3 is 14.6 Å². The minimum absolute atomic E-state index is 0.475. The number of rotatable bonds is 1. The van der Waals surface area contributed by atoms with Crippen LogP contribution in [0.2, 0.25) is 5.02 Å². The van der Waals surface area contributed by atoms with Gasteiger partial charge in [0.2, 0.25) is 0 Å². The van der Waals surface area contributed by atoms with Gasteiger partial charge in [-0.15, -0.1) is 0 Å². The van der Waals surface area contributed by atoms with Crippen molar-refractivity contribution < 1.29 is 14.6 Å². The van der Waals surface area contributed by atoms with Crippen molar-refractivity contribution in [2.75, 3.05) is 13.2 Å². The number of aliphatic hydroxyl groups is 1. The van der Waals surface area contributed by atoms with Crippen LogP contribution in [0.25, 0.3) is 0 Å². The van der Waals surface area contributed by atoms with Gasteiger partial charge in [0, 0.05) is 19.9 Å². The zero-order valence-electron chi connectivity index (χ0n) is 10.4. The van der Waals surface area contributed by atoms with Gasteiger partial charge in [0.25, 0.3) is 0 Å². The van der Waals surface area contributed by atoms with Crippen LogP contribution in [0.5, 0.6) is 0 Å². The molecule has 5 nitrogen and oxygen atoms in total. The van der Waals surface area contributed by atoms with Crippen molar-refractivity contribution in [2.45, 2.75) is 37.1 Å². The first-order chi connectivity index (χ1) is 8.55. The van der Waals surface area contributed by atoms with Crippen LogP contribution in [0.4, 0.5) is 0 Å². The Morgan fingerprint density at radius 1 is 1.28 bits per heavy atom. The minimum Gasteiger partial charge on any atom is -0.384 e. The van der Waals surface area contributed by atoms with Gasteiger partial charge >= 0.3 is 0 Å². The summed E-state index contributed by atoms with van der Waals surface area (Å²) in [6.07, 6.45) is 4.09. The van der Waals surface area contributed by atoms with Crippen LogP contribution in [0.1, 0.15) is 31.4 Å². The summed E-state index contributed by atoms with van der Waals surface area (Å²) in [6.45, 7) is 1.29. The lowest BCUT2D eigenvalue weighted by Crippen LogP contribution is -2.43. The summed E-state index contributed by atoms with van der Waals surface area (Å²) in [5, 5.41) is 15.4. The Bertz CT molecular complexity index is 425. The van der Waals surface area contributed by atoms with Crippen LogP contribution in [0.15, 0.2) is 6.20 Å².